The molecule has 0 bridgehead atoms. The van der Waals surface area contributed by atoms with Crippen LogP contribution in [0.25, 0.3) is 11.0 Å². The first kappa shape index (κ1) is 8.37. The Hall–Kier alpha value is -1.23. The van der Waals surface area contributed by atoms with Crippen LogP contribution < -0.4 is 4.74 Å². The van der Waals surface area contributed by atoms with Crippen LogP contribution in [0.5, 0.6) is 5.88 Å². The topological polar surface area (TPSA) is 50.8 Å². The number of hydrogen-bond acceptors (Lipinski definition) is 4. The third-order valence-corrected chi connectivity index (χ3v) is 2.28. The van der Waals surface area contributed by atoms with Crippen molar-refractivity contribution in [2.24, 2.45) is 0 Å². The number of nitrogens with one attached hydrogen (secondary N) is 1. The molecule has 2 heterocycles. The Morgan fingerprint density at radius 3 is 3.00 bits per heavy atom. The molecule has 2 aromatic rings. The lowest BCUT2D eigenvalue weighted by molar-refractivity contribution is 0.398. The summed E-state index contributed by atoms with van der Waals surface area (Å²) in [4.78, 5) is 11.5. The number of rotatable bonds is 2. The van der Waals surface area contributed by atoms with Crippen molar-refractivity contribution in [1.29, 1.82) is 0 Å². The lowest BCUT2D eigenvalue weighted by Gasteiger charge is -2.01. The first-order valence-electron chi connectivity index (χ1n) is 3.78. The second kappa shape index (κ2) is 3.26. The smallest absolute Gasteiger partial charge is 0.226 e. The summed E-state index contributed by atoms with van der Waals surface area (Å²) in [6.45, 7) is 0. The lowest BCUT2D eigenvalue weighted by atomic mass is 10.4. The van der Waals surface area contributed by atoms with Crippen LogP contribution in [0.2, 0.25) is 0 Å². The Morgan fingerprint density at radius 2 is 2.31 bits per heavy atom. The lowest BCUT2D eigenvalue weighted by Crippen LogP contribution is -1.93. The standard InChI is InChI=1S/C8H9N3OS/c1-12-7-5-3-4-9-6(5)10-8(11-7)13-2/h3-4H,1-2H3,(H,9,10,11). The van der Waals surface area contributed by atoms with Gasteiger partial charge < -0.3 is 9.72 Å². The Morgan fingerprint density at radius 1 is 1.46 bits per heavy atom. The highest BCUT2D eigenvalue weighted by Gasteiger charge is 2.07. The van der Waals surface area contributed by atoms with Crippen molar-refractivity contribution in [3.8, 4) is 5.88 Å². The van der Waals surface area contributed by atoms with Gasteiger partial charge in [0.05, 0.1) is 12.5 Å². The summed E-state index contributed by atoms with van der Waals surface area (Å²) in [7, 11) is 1.61. The number of aromatic amines is 1. The van der Waals surface area contributed by atoms with Gasteiger partial charge in [-0.2, -0.15) is 4.98 Å². The molecule has 0 radical (unpaired) electrons. The average Bonchev–Trinajstić information content (AvgIpc) is 2.63. The molecule has 0 aliphatic rings. The zero-order valence-corrected chi connectivity index (χ0v) is 8.18. The minimum atomic E-state index is 0.621. The summed E-state index contributed by atoms with van der Waals surface area (Å²) in [6, 6.07) is 1.90. The summed E-state index contributed by atoms with van der Waals surface area (Å²) in [5.41, 5.74) is 0.816. The SMILES string of the molecule is COc1nc(SC)nc2[nH]ccc12. The molecule has 0 amide bonds. The van der Waals surface area contributed by atoms with E-state index in [2.05, 4.69) is 15.0 Å². The summed E-state index contributed by atoms with van der Waals surface area (Å²) in [6.07, 6.45) is 3.76. The summed E-state index contributed by atoms with van der Waals surface area (Å²) in [5, 5.41) is 1.63. The van der Waals surface area contributed by atoms with Gasteiger partial charge in [0.15, 0.2) is 5.16 Å². The van der Waals surface area contributed by atoms with E-state index in [1.807, 2.05) is 18.5 Å². The Kier molecular flexibility index (Phi) is 2.10. The molecule has 2 aromatic heterocycles. The van der Waals surface area contributed by atoms with E-state index >= 15 is 0 Å². The molecule has 0 aromatic carbocycles. The summed E-state index contributed by atoms with van der Waals surface area (Å²) < 4.78 is 5.14. The van der Waals surface area contributed by atoms with E-state index in [9.17, 15) is 0 Å². The maximum Gasteiger partial charge on any atom is 0.226 e. The predicted octanol–water partition coefficient (Wildman–Crippen LogP) is 1.69. The fraction of sp³-hybridized carbons (Fsp3) is 0.250. The third kappa shape index (κ3) is 1.35. The number of hydrogen-bond donors (Lipinski definition) is 1. The second-order valence-corrected chi connectivity index (χ2v) is 3.23. The number of H-pyrrole nitrogens is 1. The molecule has 4 nitrogen and oxygen atoms in total. The Labute approximate surface area is 79.7 Å². The first-order chi connectivity index (χ1) is 6.35. The van der Waals surface area contributed by atoms with Crippen molar-refractivity contribution in [3.05, 3.63) is 12.3 Å². The maximum absolute atomic E-state index is 5.14. The number of nitrogens with zero attached hydrogens (tertiary/aromatic N) is 2. The molecular formula is C8H9N3OS. The monoisotopic (exact) mass is 195 g/mol. The molecule has 2 rings (SSSR count). The molecule has 13 heavy (non-hydrogen) atoms. The molecule has 0 aliphatic carbocycles. The molecule has 5 heteroatoms. The van der Waals surface area contributed by atoms with Gasteiger partial charge in [-0.1, -0.05) is 11.8 Å². The molecular weight excluding hydrogens is 186 g/mol. The van der Waals surface area contributed by atoms with Crippen LogP contribution in [0, 0.1) is 0 Å². The van der Waals surface area contributed by atoms with Crippen LogP contribution in [0.4, 0.5) is 0 Å². The first-order valence-corrected chi connectivity index (χ1v) is 5.00. The van der Waals surface area contributed by atoms with E-state index in [4.69, 9.17) is 4.74 Å². The molecule has 0 spiro atoms. The highest BCUT2D eigenvalue weighted by molar-refractivity contribution is 7.98. The zero-order chi connectivity index (χ0) is 9.26. The van der Waals surface area contributed by atoms with E-state index in [0.29, 0.717) is 11.0 Å². The number of thioether (sulfide) groups is 1. The minimum absolute atomic E-state index is 0.621. The van der Waals surface area contributed by atoms with E-state index in [0.717, 1.165) is 11.0 Å². The zero-order valence-electron chi connectivity index (χ0n) is 7.37. The van der Waals surface area contributed by atoms with E-state index in [1.165, 1.54) is 11.8 Å². The van der Waals surface area contributed by atoms with Crippen molar-refractivity contribution in [2.45, 2.75) is 5.16 Å². The molecule has 1 N–H and O–H groups in total. The fourth-order valence-corrected chi connectivity index (χ4v) is 1.50. The van der Waals surface area contributed by atoms with Crippen molar-refractivity contribution >= 4 is 22.8 Å². The van der Waals surface area contributed by atoms with Crippen molar-refractivity contribution in [3.63, 3.8) is 0 Å². The highest BCUT2D eigenvalue weighted by atomic mass is 32.2. The normalized spacial score (nSPS) is 10.6. The number of fused-ring (bicyclic) bond motifs is 1. The Bertz CT molecular complexity index is 426. The maximum atomic E-state index is 5.14. The minimum Gasteiger partial charge on any atom is -0.480 e. The molecule has 0 fully saturated rings. The van der Waals surface area contributed by atoms with Crippen LogP contribution in [0.1, 0.15) is 0 Å². The molecule has 0 saturated carbocycles. The Balaban J connectivity index is 2.70. The number of methoxy groups -OCH3 is 1. The molecule has 0 saturated heterocycles. The quantitative estimate of drug-likeness (QED) is 0.585. The van der Waals surface area contributed by atoms with Crippen LogP contribution in [0.15, 0.2) is 17.4 Å². The van der Waals surface area contributed by atoms with Gasteiger partial charge in [-0.15, -0.1) is 0 Å². The van der Waals surface area contributed by atoms with Gasteiger partial charge in [0, 0.05) is 6.20 Å². The fourth-order valence-electron chi connectivity index (χ4n) is 1.14. The highest BCUT2D eigenvalue weighted by Crippen LogP contribution is 2.23. The molecule has 0 aliphatic heterocycles. The van der Waals surface area contributed by atoms with Gasteiger partial charge in [-0.3, -0.25) is 0 Å². The molecule has 68 valence electrons. The third-order valence-electron chi connectivity index (χ3n) is 1.74. The van der Waals surface area contributed by atoms with Gasteiger partial charge in [0.2, 0.25) is 5.88 Å². The number of aromatic nitrogens is 3. The molecule has 0 atom stereocenters. The van der Waals surface area contributed by atoms with Gasteiger partial charge in [-0.25, -0.2) is 4.98 Å². The van der Waals surface area contributed by atoms with Crippen molar-refractivity contribution < 1.29 is 4.74 Å². The van der Waals surface area contributed by atoms with Crippen LogP contribution in [-0.2, 0) is 0 Å². The average molecular weight is 195 g/mol. The number of ether oxygens (including phenoxy) is 1. The van der Waals surface area contributed by atoms with Crippen molar-refractivity contribution in [1.82, 2.24) is 15.0 Å². The summed E-state index contributed by atoms with van der Waals surface area (Å²) in [5.74, 6) is 0.621. The van der Waals surface area contributed by atoms with Crippen LogP contribution >= 0.6 is 11.8 Å². The van der Waals surface area contributed by atoms with Gasteiger partial charge in [0.1, 0.15) is 5.65 Å². The largest absolute Gasteiger partial charge is 0.480 e. The second-order valence-electron chi connectivity index (χ2n) is 2.46. The predicted molar refractivity (Wildman–Crippen MR) is 52.2 cm³/mol. The van der Waals surface area contributed by atoms with E-state index in [-0.39, 0.29) is 0 Å². The van der Waals surface area contributed by atoms with Gasteiger partial charge in [0.25, 0.3) is 0 Å². The van der Waals surface area contributed by atoms with Crippen LogP contribution in [-0.4, -0.2) is 28.3 Å². The van der Waals surface area contributed by atoms with Crippen molar-refractivity contribution in [2.75, 3.05) is 13.4 Å². The van der Waals surface area contributed by atoms with Crippen LogP contribution in [0.3, 0.4) is 0 Å². The van der Waals surface area contributed by atoms with E-state index < -0.39 is 0 Å². The summed E-state index contributed by atoms with van der Waals surface area (Å²) >= 11 is 1.49. The van der Waals surface area contributed by atoms with Gasteiger partial charge in [-0.05, 0) is 12.3 Å². The van der Waals surface area contributed by atoms with Gasteiger partial charge >= 0.3 is 0 Å². The molecule has 0 unspecified atom stereocenters. The van der Waals surface area contributed by atoms with E-state index in [1.54, 1.807) is 7.11 Å².